The van der Waals surface area contributed by atoms with Gasteiger partial charge in [0.15, 0.2) is 0 Å². The molecule has 1 saturated carbocycles. The fourth-order valence-corrected chi connectivity index (χ4v) is 2.99. The Kier molecular flexibility index (Phi) is 6.89. The van der Waals surface area contributed by atoms with Crippen LogP contribution in [-0.4, -0.2) is 63.6 Å². The van der Waals surface area contributed by atoms with Crippen molar-refractivity contribution in [3.05, 3.63) is 30.1 Å². The topological polar surface area (TPSA) is 174 Å². The van der Waals surface area contributed by atoms with E-state index in [-0.39, 0.29) is 25.1 Å². The fraction of sp³-hybridized carbons (Fsp3) is 0.471. The van der Waals surface area contributed by atoms with E-state index in [0.29, 0.717) is 0 Å². The van der Waals surface area contributed by atoms with Gasteiger partial charge < -0.3 is 37.0 Å². The molecule has 2 rings (SSSR count). The van der Waals surface area contributed by atoms with E-state index < -0.39 is 53.9 Å². The molecule has 8 N–H and O–H groups in total. The minimum absolute atomic E-state index is 0.104. The number of anilines is 1. The fourth-order valence-electron chi connectivity index (χ4n) is 2.99. The highest BCUT2D eigenvalue weighted by Crippen LogP contribution is 2.29. The number of carbonyl (C=O) groups is 3. The molecule has 1 fully saturated rings. The Bertz CT molecular complexity index is 748. The molecule has 0 radical (unpaired) electrons. The molecule has 1 aliphatic carbocycles. The molecule has 10 nitrogen and oxygen atoms in total. The third kappa shape index (κ3) is 5.62. The highest BCUT2D eigenvalue weighted by Gasteiger charge is 2.49. The molecule has 4 atom stereocenters. The van der Waals surface area contributed by atoms with E-state index in [0.717, 1.165) is 6.07 Å². The quantitative estimate of drug-likeness (QED) is 0.309. The lowest BCUT2D eigenvalue weighted by atomic mass is 9.77. The summed E-state index contributed by atoms with van der Waals surface area (Å²) < 4.78 is 13.2. The van der Waals surface area contributed by atoms with Crippen molar-refractivity contribution < 1.29 is 34.1 Å². The predicted octanol–water partition coefficient (Wildman–Crippen LogP) is -1.45. The van der Waals surface area contributed by atoms with Crippen LogP contribution in [0, 0.1) is 5.82 Å². The van der Waals surface area contributed by atoms with Gasteiger partial charge in [-0.25, -0.2) is 9.18 Å². The van der Waals surface area contributed by atoms with E-state index in [1.165, 1.54) is 18.2 Å². The second kappa shape index (κ2) is 8.95. The summed E-state index contributed by atoms with van der Waals surface area (Å²) in [5.74, 6) is -2.06. The molecule has 154 valence electrons. The number of aliphatic hydroxyl groups is 3. The molecular formula is C17H23FN4O6. The molecule has 1 aromatic rings. The van der Waals surface area contributed by atoms with E-state index in [1.54, 1.807) is 0 Å². The zero-order chi connectivity index (χ0) is 20.9. The van der Waals surface area contributed by atoms with Gasteiger partial charge in [0.25, 0.3) is 5.91 Å². The third-order valence-electron chi connectivity index (χ3n) is 4.39. The van der Waals surface area contributed by atoms with Gasteiger partial charge in [-0.2, -0.15) is 0 Å². The Hall–Kier alpha value is -2.76. The van der Waals surface area contributed by atoms with Crippen molar-refractivity contribution in [2.45, 2.75) is 43.1 Å². The van der Waals surface area contributed by atoms with Crippen LogP contribution in [0.25, 0.3) is 0 Å². The minimum atomic E-state index is -2.08. The number of hydrogen-bond donors (Lipinski definition) is 7. The maximum absolute atomic E-state index is 13.2. The van der Waals surface area contributed by atoms with Crippen molar-refractivity contribution in [2.75, 3.05) is 11.9 Å². The average Bonchev–Trinajstić information content (AvgIpc) is 2.58. The molecule has 1 aromatic carbocycles. The Morgan fingerprint density at radius 1 is 1.25 bits per heavy atom. The second-order valence-electron chi connectivity index (χ2n) is 6.69. The molecule has 0 spiro atoms. The summed E-state index contributed by atoms with van der Waals surface area (Å²) in [6.07, 6.45) is -3.90. The maximum atomic E-state index is 13.2. The van der Waals surface area contributed by atoms with Crippen LogP contribution in [0.4, 0.5) is 14.9 Å². The molecule has 0 bridgehead atoms. The van der Waals surface area contributed by atoms with Gasteiger partial charge in [0, 0.05) is 31.5 Å². The largest absolute Gasteiger partial charge is 0.390 e. The Balaban J connectivity index is 2.01. The van der Waals surface area contributed by atoms with E-state index in [2.05, 4.69) is 16.0 Å². The van der Waals surface area contributed by atoms with Gasteiger partial charge in [0.1, 0.15) is 17.5 Å². The first kappa shape index (κ1) is 21.5. The van der Waals surface area contributed by atoms with Crippen molar-refractivity contribution in [1.82, 2.24) is 10.6 Å². The van der Waals surface area contributed by atoms with Gasteiger partial charge in [0.05, 0.1) is 12.1 Å². The first-order valence-corrected chi connectivity index (χ1v) is 8.59. The van der Waals surface area contributed by atoms with Gasteiger partial charge >= 0.3 is 6.03 Å². The molecule has 0 saturated heterocycles. The van der Waals surface area contributed by atoms with Gasteiger partial charge in [-0.15, -0.1) is 0 Å². The Labute approximate surface area is 159 Å². The van der Waals surface area contributed by atoms with Gasteiger partial charge in [-0.05, 0) is 18.2 Å². The molecule has 0 unspecified atom stereocenters. The van der Waals surface area contributed by atoms with Crippen LogP contribution in [0.5, 0.6) is 0 Å². The smallest absolute Gasteiger partial charge is 0.319 e. The maximum Gasteiger partial charge on any atom is 0.319 e. The summed E-state index contributed by atoms with van der Waals surface area (Å²) in [5.41, 5.74) is 3.06. The first-order chi connectivity index (χ1) is 13.1. The van der Waals surface area contributed by atoms with E-state index in [1.807, 2.05) is 0 Å². The standard InChI is InChI=1S/C17H23FN4O6/c18-9-2-1-3-10(6-9)21-16(27)22-11-7-17(28,8-12(23)14(11)25)15(26)20-5-4-13(19)24/h1-3,6,11-12,14,23,25,28H,4-5,7-8H2,(H2,19,24)(H,20,26)(H2,21,22,27)/t11-,12+,14+,17-/m0/s1. The summed E-state index contributed by atoms with van der Waals surface area (Å²) >= 11 is 0. The van der Waals surface area contributed by atoms with Crippen molar-refractivity contribution in [2.24, 2.45) is 5.73 Å². The lowest BCUT2D eigenvalue weighted by Crippen LogP contribution is -2.63. The SMILES string of the molecule is NC(=O)CCNC(=O)[C@@]1(O)C[C@@H](O)[C@H](O)[C@@H](NC(=O)Nc2cccc(F)c2)C1. The normalized spacial score (nSPS) is 26.9. The molecule has 11 heteroatoms. The molecule has 4 amide bonds. The number of benzene rings is 1. The predicted molar refractivity (Wildman–Crippen MR) is 95.4 cm³/mol. The number of nitrogens with two attached hydrogens (primary N) is 1. The van der Waals surface area contributed by atoms with Crippen molar-refractivity contribution in [1.29, 1.82) is 0 Å². The highest BCUT2D eigenvalue weighted by molar-refractivity contribution is 5.90. The summed E-state index contributed by atoms with van der Waals surface area (Å²) in [7, 11) is 0. The van der Waals surface area contributed by atoms with Crippen molar-refractivity contribution in [3.63, 3.8) is 0 Å². The van der Waals surface area contributed by atoms with Crippen LogP contribution in [0.15, 0.2) is 24.3 Å². The van der Waals surface area contributed by atoms with Crippen LogP contribution >= 0.6 is 0 Å². The average molecular weight is 398 g/mol. The van der Waals surface area contributed by atoms with Crippen LogP contribution in [-0.2, 0) is 9.59 Å². The lowest BCUT2D eigenvalue weighted by Gasteiger charge is -2.41. The molecule has 28 heavy (non-hydrogen) atoms. The number of aliphatic hydroxyl groups excluding tert-OH is 2. The number of amides is 4. The summed E-state index contributed by atoms with van der Waals surface area (Å²) in [5, 5.41) is 37.7. The minimum Gasteiger partial charge on any atom is -0.390 e. The monoisotopic (exact) mass is 398 g/mol. The number of urea groups is 1. The van der Waals surface area contributed by atoms with E-state index in [4.69, 9.17) is 5.73 Å². The number of halogens is 1. The first-order valence-electron chi connectivity index (χ1n) is 8.59. The Morgan fingerprint density at radius 2 is 1.96 bits per heavy atom. The molecule has 0 aliphatic heterocycles. The van der Waals surface area contributed by atoms with Gasteiger partial charge in [0.2, 0.25) is 5.91 Å². The zero-order valence-corrected chi connectivity index (χ0v) is 14.9. The van der Waals surface area contributed by atoms with Gasteiger partial charge in [-0.1, -0.05) is 6.07 Å². The summed E-state index contributed by atoms with van der Waals surface area (Å²) in [6, 6.07) is 3.12. The number of nitrogens with one attached hydrogen (secondary N) is 3. The number of hydrogen-bond acceptors (Lipinski definition) is 6. The molecule has 0 heterocycles. The molecular weight excluding hydrogens is 375 g/mol. The number of carbonyl (C=O) groups excluding carboxylic acids is 3. The van der Waals surface area contributed by atoms with Crippen LogP contribution in [0.1, 0.15) is 19.3 Å². The van der Waals surface area contributed by atoms with Gasteiger partial charge in [-0.3, -0.25) is 9.59 Å². The zero-order valence-electron chi connectivity index (χ0n) is 14.9. The van der Waals surface area contributed by atoms with E-state index >= 15 is 0 Å². The second-order valence-corrected chi connectivity index (χ2v) is 6.69. The van der Waals surface area contributed by atoms with Crippen LogP contribution < -0.4 is 21.7 Å². The van der Waals surface area contributed by atoms with Crippen LogP contribution in [0.3, 0.4) is 0 Å². The molecule has 1 aliphatic rings. The molecule has 0 aromatic heterocycles. The lowest BCUT2D eigenvalue weighted by molar-refractivity contribution is -0.157. The summed E-state index contributed by atoms with van der Waals surface area (Å²) in [6.45, 7) is -0.104. The highest BCUT2D eigenvalue weighted by atomic mass is 19.1. The number of primary amides is 1. The van der Waals surface area contributed by atoms with Crippen LogP contribution in [0.2, 0.25) is 0 Å². The Morgan fingerprint density at radius 3 is 2.61 bits per heavy atom. The third-order valence-corrected chi connectivity index (χ3v) is 4.39. The van der Waals surface area contributed by atoms with Crippen molar-refractivity contribution >= 4 is 23.5 Å². The number of rotatable bonds is 6. The summed E-state index contributed by atoms with van der Waals surface area (Å²) in [4.78, 5) is 35.1. The van der Waals surface area contributed by atoms with E-state index in [9.17, 15) is 34.1 Å². The van der Waals surface area contributed by atoms with Crippen molar-refractivity contribution in [3.8, 4) is 0 Å².